The molecule has 4 nitrogen and oxygen atoms in total. The van der Waals surface area contributed by atoms with Gasteiger partial charge in [-0.05, 0) is 61.2 Å². The lowest BCUT2D eigenvalue weighted by Gasteiger charge is -2.30. The second-order valence-corrected chi connectivity index (χ2v) is 8.58. The summed E-state index contributed by atoms with van der Waals surface area (Å²) in [5.74, 6) is 0.757. The van der Waals surface area contributed by atoms with Gasteiger partial charge in [0.25, 0.3) is 0 Å². The number of fused-ring (bicyclic) bond motifs is 1. The van der Waals surface area contributed by atoms with Crippen molar-refractivity contribution in [3.05, 3.63) is 42.5 Å². The third kappa shape index (κ3) is 4.35. The topological polar surface area (TPSA) is 49.4 Å². The number of benzene rings is 2. The fourth-order valence-electron chi connectivity index (χ4n) is 3.42. The smallest absolute Gasteiger partial charge is 0.240 e. The Hall–Kier alpha value is -1.43. The SMILES string of the molecule is C[C@H]1CCCN(CCCNS(=O)(=O)c2ccc3ccccc3c2)C1. The zero-order chi connectivity index (χ0) is 17.0. The van der Waals surface area contributed by atoms with Gasteiger partial charge < -0.3 is 4.90 Å². The Kier molecular flexibility index (Phi) is 5.54. The second-order valence-electron chi connectivity index (χ2n) is 6.81. The van der Waals surface area contributed by atoms with Crippen LogP contribution in [0.4, 0.5) is 0 Å². The van der Waals surface area contributed by atoms with Crippen molar-refractivity contribution < 1.29 is 8.42 Å². The molecule has 1 atom stereocenters. The minimum Gasteiger partial charge on any atom is -0.303 e. The van der Waals surface area contributed by atoms with E-state index in [1.807, 2.05) is 30.3 Å². The van der Waals surface area contributed by atoms with Crippen LogP contribution in [0.15, 0.2) is 47.4 Å². The Morgan fingerprint density at radius 3 is 2.75 bits per heavy atom. The van der Waals surface area contributed by atoms with E-state index in [9.17, 15) is 8.42 Å². The Balaban J connectivity index is 1.55. The molecule has 1 aliphatic rings. The van der Waals surface area contributed by atoms with Gasteiger partial charge >= 0.3 is 0 Å². The first-order valence-electron chi connectivity index (χ1n) is 8.75. The van der Waals surface area contributed by atoms with Crippen molar-refractivity contribution in [3.63, 3.8) is 0 Å². The molecule has 0 spiro atoms. The number of nitrogens with zero attached hydrogens (tertiary/aromatic N) is 1. The summed E-state index contributed by atoms with van der Waals surface area (Å²) in [5.41, 5.74) is 0. The lowest BCUT2D eigenvalue weighted by molar-refractivity contribution is 0.182. The van der Waals surface area contributed by atoms with Gasteiger partial charge in [0.2, 0.25) is 10.0 Å². The Bertz CT molecular complexity index is 789. The second kappa shape index (κ2) is 7.64. The molecule has 1 fully saturated rings. The van der Waals surface area contributed by atoms with Crippen molar-refractivity contribution in [1.29, 1.82) is 0 Å². The number of hydrogen-bond donors (Lipinski definition) is 1. The lowest BCUT2D eigenvalue weighted by Crippen LogP contribution is -2.36. The molecular formula is C19H26N2O2S. The molecule has 24 heavy (non-hydrogen) atoms. The van der Waals surface area contributed by atoms with E-state index in [-0.39, 0.29) is 0 Å². The predicted molar refractivity (Wildman–Crippen MR) is 98.6 cm³/mol. The van der Waals surface area contributed by atoms with E-state index in [4.69, 9.17) is 0 Å². The van der Waals surface area contributed by atoms with Crippen molar-refractivity contribution in [2.45, 2.75) is 31.1 Å². The van der Waals surface area contributed by atoms with Crippen molar-refractivity contribution in [2.24, 2.45) is 5.92 Å². The summed E-state index contributed by atoms with van der Waals surface area (Å²) in [4.78, 5) is 2.78. The van der Waals surface area contributed by atoms with Crippen LogP contribution in [0.25, 0.3) is 10.8 Å². The molecule has 2 aromatic rings. The first-order chi connectivity index (χ1) is 11.5. The first kappa shape index (κ1) is 17.4. The first-order valence-corrected chi connectivity index (χ1v) is 10.2. The monoisotopic (exact) mass is 346 g/mol. The molecule has 1 aliphatic heterocycles. The molecule has 0 amide bonds. The normalized spacial score (nSPS) is 19.6. The predicted octanol–water partition coefficient (Wildman–Crippen LogP) is 3.24. The van der Waals surface area contributed by atoms with E-state index in [1.54, 1.807) is 12.1 Å². The fourth-order valence-corrected chi connectivity index (χ4v) is 4.53. The molecule has 0 aliphatic carbocycles. The van der Waals surface area contributed by atoms with E-state index < -0.39 is 10.0 Å². The molecule has 130 valence electrons. The standard InChI is InChI=1S/C19H26N2O2S/c1-16-6-4-12-21(15-16)13-5-11-20-24(22,23)19-10-9-17-7-2-3-8-18(17)14-19/h2-3,7-10,14,16,20H,4-6,11-13,15H2,1H3/t16-/m0/s1. The minimum absolute atomic E-state index is 0.341. The molecule has 3 rings (SSSR count). The van der Waals surface area contributed by atoms with Gasteiger partial charge in [0, 0.05) is 13.1 Å². The highest BCUT2D eigenvalue weighted by molar-refractivity contribution is 7.89. The summed E-state index contributed by atoms with van der Waals surface area (Å²) < 4.78 is 27.6. The van der Waals surface area contributed by atoms with Crippen LogP contribution in [-0.2, 0) is 10.0 Å². The van der Waals surface area contributed by atoms with Gasteiger partial charge in [-0.15, -0.1) is 0 Å². The van der Waals surface area contributed by atoms with Crippen molar-refractivity contribution in [1.82, 2.24) is 9.62 Å². The molecule has 0 saturated carbocycles. The van der Waals surface area contributed by atoms with Crippen LogP contribution < -0.4 is 4.72 Å². The number of rotatable bonds is 6. The average molecular weight is 346 g/mol. The van der Waals surface area contributed by atoms with Gasteiger partial charge in [0.1, 0.15) is 0 Å². The van der Waals surface area contributed by atoms with Gasteiger partial charge in [-0.2, -0.15) is 0 Å². The lowest BCUT2D eigenvalue weighted by atomic mass is 10.0. The van der Waals surface area contributed by atoms with Crippen LogP contribution in [0.2, 0.25) is 0 Å². The van der Waals surface area contributed by atoms with E-state index in [0.29, 0.717) is 11.4 Å². The molecule has 0 radical (unpaired) electrons. The highest BCUT2D eigenvalue weighted by Gasteiger charge is 2.17. The third-order valence-electron chi connectivity index (χ3n) is 4.72. The summed E-state index contributed by atoms with van der Waals surface area (Å²) in [6.07, 6.45) is 3.41. The van der Waals surface area contributed by atoms with Crippen molar-refractivity contribution in [3.8, 4) is 0 Å². The maximum absolute atomic E-state index is 12.5. The fraction of sp³-hybridized carbons (Fsp3) is 0.474. The van der Waals surface area contributed by atoms with E-state index in [1.165, 1.54) is 12.8 Å². The van der Waals surface area contributed by atoms with Gasteiger partial charge in [-0.3, -0.25) is 0 Å². The largest absolute Gasteiger partial charge is 0.303 e. The highest BCUT2D eigenvalue weighted by Crippen LogP contribution is 2.19. The average Bonchev–Trinajstić information content (AvgIpc) is 2.58. The van der Waals surface area contributed by atoms with Gasteiger partial charge in [0.05, 0.1) is 4.90 Å². The van der Waals surface area contributed by atoms with Gasteiger partial charge in [0.15, 0.2) is 0 Å². The van der Waals surface area contributed by atoms with Crippen LogP contribution in [0.1, 0.15) is 26.2 Å². The Morgan fingerprint density at radius 1 is 1.17 bits per heavy atom. The molecule has 1 saturated heterocycles. The number of nitrogens with one attached hydrogen (secondary N) is 1. The number of hydrogen-bond acceptors (Lipinski definition) is 3. The molecule has 1 heterocycles. The van der Waals surface area contributed by atoms with Gasteiger partial charge in [-0.25, -0.2) is 13.1 Å². The van der Waals surface area contributed by atoms with E-state index in [2.05, 4.69) is 16.5 Å². The molecule has 1 N–H and O–H groups in total. The third-order valence-corrected chi connectivity index (χ3v) is 6.17. The minimum atomic E-state index is -3.43. The molecule has 2 aromatic carbocycles. The van der Waals surface area contributed by atoms with E-state index in [0.717, 1.165) is 42.7 Å². The van der Waals surface area contributed by atoms with Crippen LogP contribution in [0.5, 0.6) is 0 Å². The Morgan fingerprint density at radius 2 is 1.96 bits per heavy atom. The molecule has 0 aromatic heterocycles. The van der Waals surface area contributed by atoms with Crippen LogP contribution in [0.3, 0.4) is 0 Å². The maximum Gasteiger partial charge on any atom is 0.240 e. The molecule has 0 bridgehead atoms. The van der Waals surface area contributed by atoms with Crippen molar-refractivity contribution in [2.75, 3.05) is 26.2 Å². The summed E-state index contributed by atoms with van der Waals surface area (Å²) >= 11 is 0. The van der Waals surface area contributed by atoms with Gasteiger partial charge in [-0.1, -0.05) is 37.3 Å². The zero-order valence-electron chi connectivity index (χ0n) is 14.2. The zero-order valence-corrected chi connectivity index (χ0v) is 15.1. The molecular weight excluding hydrogens is 320 g/mol. The van der Waals surface area contributed by atoms with Crippen LogP contribution in [-0.4, -0.2) is 39.5 Å². The number of likely N-dealkylation sites (tertiary alicyclic amines) is 1. The quantitative estimate of drug-likeness (QED) is 0.817. The number of sulfonamides is 1. The maximum atomic E-state index is 12.5. The molecule has 0 unspecified atom stereocenters. The van der Waals surface area contributed by atoms with E-state index >= 15 is 0 Å². The molecule has 5 heteroatoms. The van der Waals surface area contributed by atoms with Crippen LogP contribution >= 0.6 is 0 Å². The highest BCUT2D eigenvalue weighted by atomic mass is 32.2. The van der Waals surface area contributed by atoms with Crippen molar-refractivity contribution >= 4 is 20.8 Å². The van der Waals surface area contributed by atoms with Crippen LogP contribution in [0, 0.1) is 5.92 Å². The summed E-state index contributed by atoms with van der Waals surface area (Å²) in [6.45, 7) is 6.01. The Labute approximate surface area is 144 Å². The summed E-state index contributed by atoms with van der Waals surface area (Å²) in [5, 5.41) is 2.00. The summed E-state index contributed by atoms with van der Waals surface area (Å²) in [7, 11) is -3.43. The summed E-state index contributed by atoms with van der Waals surface area (Å²) in [6, 6.07) is 13.1. The number of piperidine rings is 1.